The third kappa shape index (κ3) is 3.07. The molecule has 0 aliphatic carbocycles. The van der Waals surface area contributed by atoms with Gasteiger partial charge in [-0.3, -0.25) is 15.5 Å². The van der Waals surface area contributed by atoms with Crippen molar-refractivity contribution in [3.05, 3.63) is 24.3 Å². The van der Waals surface area contributed by atoms with Gasteiger partial charge in [0.15, 0.2) is 0 Å². The molecule has 0 spiro atoms. The van der Waals surface area contributed by atoms with Crippen LogP contribution in [0, 0.1) is 11.8 Å². The molecule has 4 heteroatoms. The van der Waals surface area contributed by atoms with Gasteiger partial charge in [-0.15, -0.1) is 0 Å². The number of hydrogen-bond acceptors (Lipinski definition) is 4. The summed E-state index contributed by atoms with van der Waals surface area (Å²) >= 11 is 0. The minimum absolute atomic E-state index is 0.128. The lowest BCUT2D eigenvalue weighted by Gasteiger charge is -2.34. The molecule has 0 unspecified atom stereocenters. The fourth-order valence-electron chi connectivity index (χ4n) is 2.72. The second kappa shape index (κ2) is 6.06. The Kier molecular flexibility index (Phi) is 4.43. The Morgan fingerprint density at radius 3 is 2.53 bits per heavy atom. The summed E-state index contributed by atoms with van der Waals surface area (Å²) in [7, 11) is 0. The zero-order chi connectivity index (χ0) is 13.8. The van der Waals surface area contributed by atoms with Gasteiger partial charge in [-0.05, 0) is 25.0 Å². The van der Waals surface area contributed by atoms with Gasteiger partial charge in [-0.1, -0.05) is 26.0 Å². The molecule has 1 aliphatic heterocycles. The molecule has 0 atom stereocenters. The molecule has 1 heterocycles. The number of carbonyl (C=O) groups is 1. The van der Waals surface area contributed by atoms with Crippen LogP contribution in [0.15, 0.2) is 24.3 Å². The van der Waals surface area contributed by atoms with E-state index >= 15 is 0 Å². The highest BCUT2D eigenvalue weighted by molar-refractivity contribution is 5.83. The van der Waals surface area contributed by atoms with Crippen LogP contribution in [0.5, 0.6) is 0 Å². The fourth-order valence-corrected chi connectivity index (χ4v) is 2.72. The average molecular weight is 262 g/mol. The zero-order valence-electron chi connectivity index (χ0n) is 11.6. The molecular weight excluding hydrogens is 240 g/mol. The van der Waals surface area contributed by atoms with E-state index in [1.807, 2.05) is 38.1 Å². The van der Waals surface area contributed by atoms with Crippen molar-refractivity contribution in [1.29, 1.82) is 0 Å². The molecule has 1 aromatic carbocycles. The van der Waals surface area contributed by atoms with Gasteiger partial charge in [0.05, 0.1) is 11.4 Å². The lowest BCUT2D eigenvalue weighted by molar-refractivity contribution is -0.126. The van der Waals surface area contributed by atoms with Gasteiger partial charge in [0, 0.05) is 24.9 Å². The number of rotatable bonds is 4. The molecule has 4 nitrogen and oxygen atoms in total. The topological polar surface area (TPSA) is 52.6 Å². The van der Waals surface area contributed by atoms with Crippen LogP contribution in [0.1, 0.15) is 26.7 Å². The smallest absolute Gasteiger partial charge is 0.138 e. The summed E-state index contributed by atoms with van der Waals surface area (Å²) in [6.45, 7) is 5.67. The number of nitrogens with one attached hydrogen (secondary N) is 1. The van der Waals surface area contributed by atoms with Crippen molar-refractivity contribution in [1.82, 2.24) is 0 Å². The van der Waals surface area contributed by atoms with Crippen LogP contribution >= 0.6 is 0 Å². The minimum Gasteiger partial charge on any atom is -0.370 e. The number of benzene rings is 1. The quantitative estimate of drug-likeness (QED) is 0.819. The van der Waals surface area contributed by atoms with Crippen molar-refractivity contribution in [3.8, 4) is 0 Å². The van der Waals surface area contributed by atoms with E-state index in [0.29, 0.717) is 5.78 Å². The van der Waals surface area contributed by atoms with Crippen LogP contribution in [0.2, 0.25) is 0 Å². The molecule has 0 radical (unpaired) electrons. The summed E-state index contributed by atoms with van der Waals surface area (Å²) in [5, 5.41) is 9.13. The fraction of sp³-hybridized carbons (Fsp3) is 0.533. The van der Waals surface area contributed by atoms with E-state index in [2.05, 4.69) is 10.4 Å². The molecule has 0 bridgehead atoms. The largest absolute Gasteiger partial charge is 0.370 e. The van der Waals surface area contributed by atoms with Gasteiger partial charge in [-0.25, -0.2) is 0 Å². The second-order valence-electron chi connectivity index (χ2n) is 5.45. The lowest BCUT2D eigenvalue weighted by Crippen LogP contribution is -2.37. The van der Waals surface area contributed by atoms with Crippen LogP contribution in [0.25, 0.3) is 0 Å². The molecule has 2 rings (SSSR count). The first-order valence-electron chi connectivity index (χ1n) is 6.91. The number of hydrogen-bond donors (Lipinski definition) is 2. The van der Waals surface area contributed by atoms with Gasteiger partial charge >= 0.3 is 0 Å². The zero-order valence-corrected chi connectivity index (χ0v) is 11.6. The molecule has 1 fully saturated rings. The van der Waals surface area contributed by atoms with Crippen molar-refractivity contribution < 1.29 is 10.0 Å². The summed E-state index contributed by atoms with van der Waals surface area (Å²) in [5.41, 5.74) is 3.96. The number of para-hydroxylation sites is 2. The molecule has 0 amide bonds. The number of ketones is 1. The van der Waals surface area contributed by atoms with E-state index in [0.717, 1.165) is 37.3 Å². The normalized spacial score (nSPS) is 16.7. The van der Waals surface area contributed by atoms with Crippen molar-refractivity contribution in [2.75, 3.05) is 23.5 Å². The third-order valence-corrected chi connectivity index (χ3v) is 3.83. The summed E-state index contributed by atoms with van der Waals surface area (Å²) in [6.07, 6.45) is 1.80. The van der Waals surface area contributed by atoms with Gasteiger partial charge < -0.3 is 4.90 Å². The maximum absolute atomic E-state index is 12.0. The number of carbonyl (C=O) groups excluding carboxylic acids is 1. The standard InChI is InChI=1S/C15H22N2O2/c1-11(2)15(18)12-7-9-17(10-8-12)14-6-4-3-5-13(14)16-19/h3-6,11-12,16,19H,7-10H2,1-2H3. The van der Waals surface area contributed by atoms with Gasteiger partial charge in [0.2, 0.25) is 0 Å². The first-order chi connectivity index (χ1) is 9.13. The van der Waals surface area contributed by atoms with Crippen LogP contribution < -0.4 is 10.4 Å². The predicted octanol–water partition coefficient (Wildman–Crippen LogP) is 2.93. The predicted molar refractivity (Wildman–Crippen MR) is 76.6 cm³/mol. The van der Waals surface area contributed by atoms with Crippen molar-refractivity contribution >= 4 is 17.2 Å². The van der Waals surface area contributed by atoms with Gasteiger partial charge in [0.1, 0.15) is 5.78 Å². The highest BCUT2D eigenvalue weighted by atomic mass is 16.5. The summed E-state index contributed by atoms with van der Waals surface area (Å²) in [4.78, 5) is 14.2. The summed E-state index contributed by atoms with van der Waals surface area (Å²) in [5.74, 6) is 0.710. The van der Waals surface area contributed by atoms with Crippen LogP contribution in [0.3, 0.4) is 0 Å². The Balaban J connectivity index is 2.02. The number of anilines is 2. The summed E-state index contributed by atoms with van der Waals surface area (Å²) in [6, 6.07) is 7.68. The number of piperidine rings is 1. The maximum atomic E-state index is 12.0. The monoisotopic (exact) mass is 262 g/mol. The second-order valence-corrected chi connectivity index (χ2v) is 5.45. The van der Waals surface area contributed by atoms with Crippen molar-refractivity contribution in [2.45, 2.75) is 26.7 Å². The van der Waals surface area contributed by atoms with Crippen LogP contribution in [0.4, 0.5) is 11.4 Å². The van der Waals surface area contributed by atoms with E-state index in [1.54, 1.807) is 0 Å². The van der Waals surface area contributed by atoms with Crippen LogP contribution in [-0.4, -0.2) is 24.1 Å². The highest BCUT2D eigenvalue weighted by Gasteiger charge is 2.27. The Morgan fingerprint density at radius 1 is 1.32 bits per heavy atom. The first-order valence-corrected chi connectivity index (χ1v) is 6.91. The Bertz CT molecular complexity index is 438. The van der Waals surface area contributed by atoms with Crippen molar-refractivity contribution in [2.24, 2.45) is 11.8 Å². The Hall–Kier alpha value is -1.55. The number of Topliss-reactive ketones (excluding diaryl/α,β-unsaturated/α-hetero) is 1. The molecule has 1 saturated heterocycles. The van der Waals surface area contributed by atoms with Crippen molar-refractivity contribution in [3.63, 3.8) is 0 Å². The molecule has 1 aliphatic rings. The molecule has 104 valence electrons. The van der Waals surface area contributed by atoms with E-state index in [9.17, 15) is 4.79 Å². The van der Waals surface area contributed by atoms with E-state index in [-0.39, 0.29) is 11.8 Å². The lowest BCUT2D eigenvalue weighted by atomic mass is 9.87. The maximum Gasteiger partial charge on any atom is 0.138 e. The van der Waals surface area contributed by atoms with E-state index in [1.165, 1.54) is 0 Å². The molecule has 1 aromatic rings. The first kappa shape index (κ1) is 13.9. The van der Waals surface area contributed by atoms with Crippen LogP contribution in [-0.2, 0) is 4.79 Å². The minimum atomic E-state index is 0.128. The molecule has 0 saturated carbocycles. The molecule has 2 N–H and O–H groups in total. The average Bonchev–Trinajstić information content (AvgIpc) is 2.46. The van der Waals surface area contributed by atoms with E-state index in [4.69, 9.17) is 5.21 Å². The molecule has 0 aromatic heterocycles. The molecule has 19 heavy (non-hydrogen) atoms. The Morgan fingerprint density at radius 2 is 1.95 bits per heavy atom. The third-order valence-electron chi connectivity index (χ3n) is 3.83. The molecular formula is C15H22N2O2. The van der Waals surface area contributed by atoms with E-state index < -0.39 is 0 Å². The number of nitrogens with zero attached hydrogens (tertiary/aromatic N) is 1. The summed E-state index contributed by atoms with van der Waals surface area (Å²) < 4.78 is 0. The highest BCUT2D eigenvalue weighted by Crippen LogP contribution is 2.30. The van der Waals surface area contributed by atoms with Gasteiger partial charge in [0.25, 0.3) is 0 Å². The Labute approximate surface area is 114 Å². The SMILES string of the molecule is CC(C)C(=O)C1CCN(c2ccccc2NO)CC1. The van der Waals surface area contributed by atoms with Gasteiger partial charge in [-0.2, -0.15) is 0 Å².